The van der Waals surface area contributed by atoms with E-state index < -0.39 is 0 Å². The number of hydrogen-bond donors (Lipinski definition) is 3. The molecule has 4 N–H and O–H groups in total. The molecule has 7 nitrogen and oxygen atoms in total. The monoisotopic (exact) mass is 353 g/mol. The first-order valence-corrected chi connectivity index (χ1v) is 6.56. The van der Waals surface area contributed by atoms with Crippen LogP contribution in [0.1, 0.15) is 15.9 Å². The van der Waals surface area contributed by atoms with Gasteiger partial charge in [0.1, 0.15) is 5.75 Å². The highest BCUT2D eigenvalue weighted by Gasteiger charge is 2.15. The zero-order valence-corrected chi connectivity index (χ0v) is 12.5. The lowest BCUT2D eigenvalue weighted by molar-refractivity contribution is 0.102. The highest BCUT2D eigenvalue weighted by atomic mass is 79.9. The molecular weight excluding hydrogens is 342 g/mol. The number of methoxy groups -OCH3 is 1. The molecule has 0 aliphatic rings. The average Bonchev–Trinajstić information content (AvgIpc) is 2.93. The fourth-order valence-corrected chi connectivity index (χ4v) is 2.08. The maximum atomic E-state index is 12.1. The zero-order chi connectivity index (χ0) is 15.4. The third-order valence-corrected chi connectivity index (χ3v) is 3.33. The second-order valence-corrected chi connectivity index (χ2v) is 4.68. The van der Waals surface area contributed by atoms with Crippen LogP contribution in [0.15, 0.2) is 44.8 Å². The number of nitrogens with two attached hydrogens (primary N) is 1. The smallest absolute Gasteiger partial charge is 0.260 e. The Hall–Kier alpha value is -2.48. The van der Waals surface area contributed by atoms with Crippen LogP contribution in [-0.4, -0.2) is 24.1 Å². The van der Waals surface area contributed by atoms with Crippen LogP contribution in [0.4, 0.5) is 5.69 Å². The van der Waals surface area contributed by atoms with Crippen molar-refractivity contribution in [2.45, 2.75) is 0 Å². The zero-order valence-electron chi connectivity index (χ0n) is 11.0. The van der Waals surface area contributed by atoms with Gasteiger partial charge in [0.15, 0.2) is 10.5 Å². The number of ether oxygens (including phenoxy) is 1. The van der Waals surface area contributed by atoms with E-state index in [1.165, 1.54) is 19.4 Å². The molecule has 2 aromatic rings. The number of furan rings is 1. The number of rotatable bonds is 4. The number of amidine groups is 1. The molecular formula is C13H12BrN3O4. The van der Waals surface area contributed by atoms with Crippen molar-refractivity contribution in [2.24, 2.45) is 10.9 Å². The van der Waals surface area contributed by atoms with Crippen LogP contribution < -0.4 is 15.8 Å². The predicted molar refractivity (Wildman–Crippen MR) is 79.9 cm³/mol. The number of hydrogen-bond acceptors (Lipinski definition) is 5. The molecule has 0 unspecified atom stereocenters. The number of nitrogens with zero attached hydrogens (tertiary/aromatic N) is 1. The predicted octanol–water partition coefficient (Wildman–Crippen LogP) is 2.40. The van der Waals surface area contributed by atoms with Crippen LogP contribution in [0.3, 0.4) is 0 Å². The van der Waals surface area contributed by atoms with Gasteiger partial charge in [-0.05, 0) is 40.2 Å². The fraction of sp³-hybridized carbons (Fsp3) is 0.0769. The Morgan fingerprint density at radius 1 is 1.48 bits per heavy atom. The molecule has 110 valence electrons. The number of nitrogens with one attached hydrogen (secondary N) is 1. The second kappa shape index (κ2) is 6.31. The summed E-state index contributed by atoms with van der Waals surface area (Å²) in [6.45, 7) is 0. The first-order chi connectivity index (χ1) is 10.1. The van der Waals surface area contributed by atoms with Crippen LogP contribution in [0, 0.1) is 0 Å². The number of benzene rings is 1. The summed E-state index contributed by atoms with van der Waals surface area (Å²) >= 11 is 3.14. The van der Waals surface area contributed by atoms with Gasteiger partial charge in [-0.25, -0.2) is 0 Å². The molecule has 0 saturated carbocycles. The van der Waals surface area contributed by atoms with Gasteiger partial charge in [-0.15, -0.1) is 0 Å². The Labute approximate surface area is 128 Å². The summed E-state index contributed by atoms with van der Waals surface area (Å²) in [4.78, 5) is 12.1. The minimum absolute atomic E-state index is 0.0521. The van der Waals surface area contributed by atoms with Gasteiger partial charge in [0.05, 0.1) is 24.6 Å². The van der Waals surface area contributed by atoms with E-state index in [-0.39, 0.29) is 11.7 Å². The van der Waals surface area contributed by atoms with Crippen molar-refractivity contribution in [1.82, 2.24) is 0 Å². The normalized spacial score (nSPS) is 11.2. The second-order valence-electron chi connectivity index (χ2n) is 3.96. The lowest BCUT2D eigenvalue weighted by Crippen LogP contribution is -2.15. The molecule has 0 aliphatic heterocycles. The van der Waals surface area contributed by atoms with Crippen LogP contribution in [0.25, 0.3) is 0 Å². The molecule has 0 spiro atoms. The van der Waals surface area contributed by atoms with Gasteiger partial charge in [0.25, 0.3) is 5.91 Å². The summed E-state index contributed by atoms with van der Waals surface area (Å²) in [7, 11) is 1.45. The molecule has 1 aromatic carbocycles. The maximum absolute atomic E-state index is 12.1. The molecule has 0 radical (unpaired) electrons. The Bertz CT molecular complexity index is 696. The van der Waals surface area contributed by atoms with E-state index >= 15 is 0 Å². The standard InChI is InChI=1S/C13H12BrN3O4/c1-20-10-6-7(12(15)17-19)2-3-9(10)16-13(18)8-4-5-21-11(8)14/h2-6,19H,1H3,(H2,15,17)(H,16,18). The van der Waals surface area contributed by atoms with E-state index in [1.54, 1.807) is 18.2 Å². The summed E-state index contributed by atoms with van der Waals surface area (Å²) in [5.74, 6) is -0.0266. The van der Waals surface area contributed by atoms with Crippen LogP contribution in [-0.2, 0) is 0 Å². The lowest BCUT2D eigenvalue weighted by atomic mass is 10.1. The number of amides is 1. The van der Waals surface area contributed by atoms with Crippen molar-refractivity contribution in [2.75, 3.05) is 12.4 Å². The third kappa shape index (κ3) is 3.16. The Morgan fingerprint density at radius 3 is 2.81 bits per heavy atom. The number of carbonyl (C=O) groups excluding carboxylic acids is 1. The molecule has 8 heteroatoms. The molecule has 2 rings (SSSR count). The van der Waals surface area contributed by atoms with E-state index in [4.69, 9.17) is 20.1 Å². The highest BCUT2D eigenvalue weighted by molar-refractivity contribution is 9.10. The minimum Gasteiger partial charge on any atom is -0.495 e. The molecule has 0 fully saturated rings. The molecule has 0 aliphatic carbocycles. The van der Waals surface area contributed by atoms with E-state index in [1.807, 2.05) is 0 Å². The number of carbonyl (C=O) groups is 1. The van der Waals surface area contributed by atoms with Gasteiger partial charge in [0, 0.05) is 5.56 Å². The first-order valence-electron chi connectivity index (χ1n) is 5.77. The molecule has 1 heterocycles. The van der Waals surface area contributed by atoms with Crippen molar-refractivity contribution in [3.63, 3.8) is 0 Å². The van der Waals surface area contributed by atoms with Crippen molar-refractivity contribution >= 4 is 33.4 Å². The Morgan fingerprint density at radius 2 is 2.24 bits per heavy atom. The average molecular weight is 354 g/mol. The Kier molecular flexibility index (Phi) is 4.49. The van der Waals surface area contributed by atoms with Gasteiger partial charge < -0.3 is 25.4 Å². The lowest BCUT2D eigenvalue weighted by Gasteiger charge is -2.11. The molecule has 1 amide bonds. The number of halogens is 1. The molecule has 0 saturated heterocycles. The van der Waals surface area contributed by atoms with Crippen LogP contribution in [0.5, 0.6) is 5.75 Å². The third-order valence-electron chi connectivity index (χ3n) is 2.72. The van der Waals surface area contributed by atoms with Crippen molar-refractivity contribution < 1.29 is 19.2 Å². The molecule has 0 atom stereocenters. The Balaban J connectivity index is 2.28. The molecule has 1 aromatic heterocycles. The van der Waals surface area contributed by atoms with Crippen molar-refractivity contribution in [1.29, 1.82) is 0 Å². The van der Waals surface area contributed by atoms with Crippen molar-refractivity contribution in [3.8, 4) is 5.75 Å². The van der Waals surface area contributed by atoms with E-state index in [2.05, 4.69) is 26.4 Å². The summed E-state index contributed by atoms with van der Waals surface area (Å²) < 4.78 is 10.5. The van der Waals surface area contributed by atoms with E-state index in [0.29, 0.717) is 27.2 Å². The summed E-state index contributed by atoms with van der Waals surface area (Å²) in [6.07, 6.45) is 1.40. The van der Waals surface area contributed by atoms with Crippen LogP contribution >= 0.6 is 15.9 Å². The number of anilines is 1. The summed E-state index contributed by atoms with van der Waals surface area (Å²) in [6, 6.07) is 6.28. The quantitative estimate of drug-likeness (QED) is 0.338. The first kappa shape index (κ1) is 14.9. The molecule has 21 heavy (non-hydrogen) atoms. The van der Waals surface area contributed by atoms with Gasteiger partial charge in [-0.2, -0.15) is 0 Å². The highest BCUT2D eigenvalue weighted by Crippen LogP contribution is 2.27. The van der Waals surface area contributed by atoms with E-state index in [9.17, 15) is 4.79 Å². The number of oxime groups is 1. The van der Waals surface area contributed by atoms with Gasteiger partial charge in [-0.1, -0.05) is 5.16 Å². The van der Waals surface area contributed by atoms with E-state index in [0.717, 1.165) is 0 Å². The topological polar surface area (TPSA) is 110 Å². The molecule has 0 bridgehead atoms. The van der Waals surface area contributed by atoms with Gasteiger partial charge in [0.2, 0.25) is 0 Å². The summed E-state index contributed by atoms with van der Waals surface area (Å²) in [5, 5.41) is 14.3. The summed E-state index contributed by atoms with van der Waals surface area (Å²) in [5.41, 5.74) is 6.78. The van der Waals surface area contributed by atoms with Crippen molar-refractivity contribution in [3.05, 3.63) is 46.3 Å². The SMILES string of the molecule is COc1cc(/C(N)=N/O)ccc1NC(=O)c1ccoc1Br. The minimum atomic E-state index is -0.356. The maximum Gasteiger partial charge on any atom is 0.260 e. The largest absolute Gasteiger partial charge is 0.495 e. The van der Waals surface area contributed by atoms with Gasteiger partial charge in [-0.3, -0.25) is 4.79 Å². The van der Waals surface area contributed by atoms with Gasteiger partial charge >= 0.3 is 0 Å². The van der Waals surface area contributed by atoms with Crippen LogP contribution in [0.2, 0.25) is 0 Å². The fourth-order valence-electron chi connectivity index (χ4n) is 1.66.